The van der Waals surface area contributed by atoms with Gasteiger partial charge in [0.15, 0.2) is 11.9 Å². The van der Waals surface area contributed by atoms with Gasteiger partial charge in [-0.05, 0) is 0 Å². The minimum absolute atomic E-state index is 0.0645. The molecule has 0 spiro atoms. The van der Waals surface area contributed by atoms with E-state index in [1.165, 1.54) is 0 Å². The fraction of sp³-hybridized carbons (Fsp3) is 0.857. The van der Waals surface area contributed by atoms with Crippen LogP contribution in [0.5, 0.6) is 0 Å². The minimum atomic E-state index is -1.88. The van der Waals surface area contributed by atoms with Crippen LogP contribution in [0.25, 0.3) is 0 Å². The highest BCUT2D eigenvalue weighted by Crippen LogP contribution is 2.31. The van der Waals surface area contributed by atoms with Gasteiger partial charge in [0.2, 0.25) is 5.91 Å². The van der Waals surface area contributed by atoms with E-state index in [0.717, 1.165) is 0 Å². The number of amides is 1. The molecule has 0 radical (unpaired) electrons. The highest BCUT2D eigenvalue weighted by atomic mass is 16.7. The van der Waals surface area contributed by atoms with Gasteiger partial charge in [0.25, 0.3) is 0 Å². The number of primary amides is 1. The van der Waals surface area contributed by atoms with Gasteiger partial charge in [-0.25, -0.2) is 0 Å². The average molecular weight is 191 g/mol. The lowest BCUT2D eigenvalue weighted by atomic mass is 10.0. The van der Waals surface area contributed by atoms with Crippen LogP contribution in [0.4, 0.5) is 0 Å². The Morgan fingerprint density at radius 2 is 2.15 bits per heavy atom. The molecule has 1 rings (SSSR count). The molecule has 5 N–H and O–H groups in total. The Kier molecular flexibility index (Phi) is 2.58. The molecule has 0 saturated carbocycles. The maximum Gasteiger partial charge on any atom is 0.249 e. The van der Waals surface area contributed by atoms with E-state index in [2.05, 4.69) is 0 Å². The van der Waals surface area contributed by atoms with Gasteiger partial charge >= 0.3 is 0 Å². The molecule has 6 nitrogen and oxygen atoms in total. The summed E-state index contributed by atoms with van der Waals surface area (Å²) < 4.78 is 4.77. The Morgan fingerprint density at radius 3 is 2.38 bits per heavy atom. The number of hydrogen-bond acceptors (Lipinski definition) is 5. The van der Waals surface area contributed by atoms with Crippen LogP contribution in [0.2, 0.25) is 0 Å². The van der Waals surface area contributed by atoms with E-state index < -0.39 is 30.0 Å². The smallest absolute Gasteiger partial charge is 0.249 e. The molecule has 76 valence electrons. The van der Waals surface area contributed by atoms with Gasteiger partial charge in [0.05, 0.1) is 0 Å². The van der Waals surface area contributed by atoms with E-state index in [9.17, 15) is 20.1 Å². The molecule has 0 aromatic carbocycles. The number of aliphatic hydroxyl groups is 3. The lowest BCUT2D eigenvalue weighted by molar-refractivity contribution is -0.227. The molecule has 1 unspecified atom stereocenters. The molecule has 1 fully saturated rings. The van der Waals surface area contributed by atoms with Gasteiger partial charge in [-0.1, -0.05) is 6.92 Å². The summed E-state index contributed by atoms with van der Waals surface area (Å²) in [6.07, 6.45) is -4.26. The number of nitrogens with two attached hydrogens (primary N) is 1. The summed E-state index contributed by atoms with van der Waals surface area (Å²) in [5, 5.41) is 28.1. The number of aliphatic hydroxyl groups excluding tert-OH is 2. The van der Waals surface area contributed by atoms with Crippen molar-refractivity contribution >= 4 is 5.91 Å². The summed E-state index contributed by atoms with van der Waals surface area (Å²) in [6, 6.07) is 0. The predicted molar refractivity (Wildman–Crippen MR) is 41.3 cm³/mol. The van der Waals surface area contributed by atoms with Crippen LogP contribution in [0.3, 0.4) is 0 Å². The Morgan fingerprint density at radius 1 is 1.62 bits per heavy atom. The summed E-state index contributed by atoms with van der Waals surface area (Å²) in [4.78, 5) is 10.7. The van der Waals surface area contributed by atoms with Crippen molar-refractivity contribution in [3.63, 3.8) is 0 Å². The molecule has 0 aliphatic carbocycles. The lowest BCUT2D eigenvalue weighted by Crippen LogP contribution is -2.43. The first-order chi connectivity index (χ1) is 5.92. The molecule has 1 heterocycles. The van der Waals surface area contributed by atoms with Gasteiger partial charge in [-0.2, -0.15) is 0 Å². The molecule has 13 heavy (non-hydrogen) atoms. The van der Waals surface area contributed by atoms with Crippen LogP contribution < -0.4 is 5.73 Å². The minimum Gasteiger partial charge on any atom is -0.387 e. The van der Waals surface area contributed by atoms with Crippen LogP contribution >= 0.6 is 0 Å². The van der Waals surface area contributed by atoms with E-state index in [1.807, 2.05) is 0 Å². The van der Waals surface area contributed by atoms with Crippen molar-refractivity contribution in [1.82, 2.24) is 0 Å². The second-order valence-corrected chi connectivity index (χ2v) is 3.07. The summed E-state index contributed by atoms with van der Waals surface area (Å²) in [5.41, 5.74) is 4.88. The van der Waals surface area contributed by atoms with Gasteiger partial charge < -0.3 is 25.8 Å². The molecule has 0 aromatic rings. The topological polar surface area (TPSA) is 113 Å². The zero-order valence-electron chi connectivity index (χ0n) is 7.17. The summed E-state index contributed by atoms with van der Waals surface area (Å²) >= 11 is 0. The second-order valence-electron chi connectivity index (χ2n) is 3.07. The molecule has 1 aliphatic rings. The van der Waals surface area contributed by atoms with Crippen molar-refractivity contribution in [1.29, 1.82) is 0 Å². The maximum atomic E-state index is 10.7. The monoisotopic (exact) mass is 191 g/mol. The van der Waals surface area contributed by atoms with E-state index >= 15 is 0 Å². The van der Waals surface area contributed by atoms with Crippen molar-refractivity contribution in [3.05, 3.63) is 0 Å². The largest absolute Gasteiger partial charge is 0.387 e. The number of ether oxygens (including phenoxy) is 1. The van der Waals surface area contributed by atoms with Crippen LogP contribution in [-0.2, 0) is 9.53 Å². The normalized spacial score (nSPS) is 45.1. The summed E-state index contributed by atoms with van der Waals surface area (Å²) in [6.45, 7) is 1.55. The third kappa shape index (κ3) is 1.53. The first-order valence-corrected chi connectivity index (χ1v) is 3.98. The van der Waals surface area contributed by atoms with Gasteiger partial charge in [-0.15, -0.1) is 0 Å². The van der Waals surface area contributed by atoms with Crippen LogP contribution in [-0.4, -0.2) is 45.3 Å². The Labute approximate surface area is 74.9 Å². The molecule has 0 bridgehead atoms. The van der Waals surface area contributed by atoms with Gasteiger partial charge in [0, 0.05) is 6.42 Å². The van der Waals surface area contributed by atoms with Crippen LogP contribution in [0, 0.1) is 0 Å². The zero-order chi connectivity index (χ0) is 10.2. The molecule has 1 saturated heterocycles. The maximum absolute atomic E-state index is 10.7. The highest BCUT2D eigenvalue weighted by molar-refractivity contribution is 5.80. The van der Waals surface area contributed by atoms with Crippen molar-refractivity contribution in [2.45, 2.75) is 37.4 Å². The van der Waals surface area contributed by atoms with Gasteiger partial charge in [0.1, 0.15) is 12.2 Å². The molecular weight excluding hydrogens is 178 g/mol. The van der Waals surface area contributed by atoms with E-state index in [0.29, 0.717) is 0 Å². The van der Waals surface area contributed by atoms with Crippen molar-refractivity contribution in [2.24, 2.45) is 5.73 Å². The lowest BCUT2D eigenvalue weighted by Gasteiger charge is -2.23. The zero-order valence-corrected chi connectivity index (χ0v) is 7.17. The van der Waals surface area contributed by atoms with Crippen molar-refractivity contribution < 1.29 is 24.9 Å². The third-order valence-electron chi connectivity index (χ3n) is 2.21. The summed E-state index contributed by atoms with van der Waals surface area (Å²) in [7, 11) is 0. The highest BCUT2D eigenvalue weighted by Gasteiger charge is 2.54. The first-order valence-electron chi connectivity index (χ1n) is 3.98. The number of carbonyl (C=O) groups is 1. The fourth-order valence-corrected chi connectivity index (χ4v) is 1.31. The van der Waals surface area contributed by atoms with Crippen molar-refractivity contribution in [2.75, 3.05) is 0 Å². The molecular formula is C7H13NO5. The molecule has 4 atom stereocenters. The van der Waals surface area contributed by atoms with E-state index in [4.69, 9.17) is 10.5 Å². The number of hydrogen-bond donors (Lipinski definition) is 4. The number of carbonyl (C=O) groups excluding carboxylic acids is 1. The molecule has 0 aromatic heterocycles. The van der Waals surface area contributed by atoms with E-state index in [1.54, 1.807) is 6.92 Å². The first kappa shape index (κ1) is 10.4. The Balaban J connectivity index is 2.84. The second kappa shape index (κ2) is 3.22. The van der Waals surface area contributed by atoms with Crippen LogP contribution in [0.15, 0.2) is 0 Å². The predicted octanol–water partition coefficient (Wildman–Crippen LogP) is -2.31. The van der Waals surface area contributed by atoms with Crippen LogP contribution in [0.1, 0.15) is 13.3 Å². The van der Waals surface area contributed by atoms with Crippen molar-refractivity contribution in [3.8, 4) is 0 Å². The number of rotatable bonds is 2. The Bertz CT molecular complexity index is 221. The summed E-state index contributed by atoms with van der Waals surface area (Å²) in [5.74, 6) is -2.78. The van der Waals surface area contributed by atoms with Gasteiger partial charge in [-0.3, -0.25) is 4.79 Å². The standard InChI is InChI=1S/C7H13NO5/c1-2-7(12)5(10)3(9)4(13-7)6(8)11/h3-5,9-10,12H,2H2,1H3,(H2,8,11)/t3-,4+,5-,7?/m1/s1. The molecule has 6 heteroatoms. The van der Waals surface area contributed by atoms with E-state index in [-0.39, 0.29) is 6.42 Å². The Hall–Kier alpha value is -0.690. The third-order valence-corrected chi connectivity index (χ3v) is 2.21. The SMILES string of the molecule is CCC1(O)O[C@H](C(N)=O)[C@@H](O)[C@H]1O. The quantitative estimate of drug-likeness (QED) is 0.391. The molecule has 1 aliphatic heterocycles. The fourth-order valence-electron chi connectivity index (χ4n) is 1.31. The average Bonchev–Trinajstić information content (AvgIpc) is 2.31. The molecule has 1 amide bonds.